The fraction of sp³-hybridized carbons (Fsp3) is 0.0833. The maximum atomic E-state index is 11.9. The van der Waals surface area contributed by atoms with Gasteiger partial charge in [-0.25, -0.2) is 13.4 Å². The van der Waals surface area contributed by atoms with Crippen molar-refractivity contribution in [3.63, 3.8) is 0 Å². The van der Waals surface area contributed by atoms with Gasteiger partial charge in [0.25, 0.3) is 10.0 Å². The van der Waals surface area contributed by atoms with E-state index in [4.69, 9.17) is 5.73 Å². The van der Waals surface area contributed by atoms with Crippen molar-refractivity contribution in [1.82, 2.24) is 4.72 Å². The average molecular weight is 265 g/mol. The van der Waals surface area contributed by atoms with Crippen LogP contribution in [-0.4, -0.2) is 14.6 Å². The molecule has 0 heterocycles. The maximum Gasteiger partial charge on any atom is 0.263 e. The molecule has 0 amide bonds. The second-order valence-electron chi connectivity index (χ2n) is 3.43. The van der Waals surface area contributed by atoms with Gasteiger partial charge in [-0.3, -0.25) is 4.72 Å². The van der Waals surface area contributed by atoms with Crippen molar-refractivity contribution in [2.45, 2.75) is 11.8 Å². The molecular formula is C12H15N3O2S. The second kappa shape index (κ2) is 6.02. The van der Waals surface area contributed by atoms with E-state index in [0.717, 1.165) is 0 Å². The molecular weight excluding hydrogens is 250 g/mol. The second-order valence-corrected chi connectivity index (χ2v) is 5.11. The first-order chi connectivity index (χ1) is 8.45. The number of anilines is 1. The zero-order chi connectivity index (χ0) is 13.6. The molecule has 0 aliphatic rings. The van der Waals surface area contributed by atoms with Crippen LogP contribution in [0.1, 0.15) is 6.92 Å². The van der Waals surface area contributed by atoms with E-state index in [2.05, 4.69) is 16.3 Å². The molecule has 0 spiro atoms. The number of hydrogen-bond acceptors (Lipinski definition) is 4. The van der Waals surface area contributed by atoms with Gasteiger partial charge in [-0.1, -0.05) is 12.7 Å². The molecule has 0 aliphatic heterocycles. The first kappa shape index (κ1) is 14.0. The smallest absolute Gasteiger partial charge is 0.263 e. The van der Waals surface area contributed by atoms with Gasteiger partial charge in [0.05, 0.1) is 4.90 Å². The van der Waals surface area contributed by atoms with Crippen molar-refractivity contribution in [2.75, 3.05) is 5.73 Å². The van der Waals surface area contributed by atoms with Crippen LogP contribution in [0.25, 0.3) is 0 Å². The number of allylic oxidation sites excluding steroid dienone is 2. The van der Waals surface area contributed by atoms with E-state index in [1.807, 2.05) is 6.92 Å². The summed E-state index contributed by atoms with van der Waals surface area (Å²) < 4.78 is 26.0. The Morgan fingerprint density at radius 1 is 1.39 bits per heavy atom. The standard InChI is InChI=1S/C12H15N3O2S/c1-3-4-9-14-10(2)15-18(16,17)12-7-5-11(13)6-8-12/h3-9,15H,2,13H2,1H3/b4-3-,14-9-. The van der Waals surface area contributed by atoms with Gasteiger partial charge in [0.2, 0.25) is 0 Å². The highest BCUT2D eigenvalue weighted by molar-refractivity contribution is 7.89. The summed E-state index contributed by atoms with van der Waals surface area (Å²) >= 11 is 0. The molecule has 6 heteroatoms. The van der Waals surface area contributed by atoms with Crippen LogP contribution in [0.5, 0.6) is 0 Å². The minimum atomic E-state index is -3.66. The molecule has 1 rings (SSSR count). The molecule has 0 atom stereocenters. The molecule has 0 saturated heterocycles. The molecule has 96 valence electrons. The molecule has 3 N–H and O–H groups in total. The first-order valence-electron chi connectivity index (χ1n) is 5.18. The summed E-state index contributed by atoms with van der Waals surface area (Å²) in [6.07, 6.45) is 4.89. The Morgan fingerprint density at radius 2 is 2.00 bits per heavy atom. The number of nitrogens with zero attached hydrogens (tertiary/aromatic N) is 1. The number of aliphatic imine (C=N–C) groups is 1. The third-order valence-corrected chi connectivity index (χ3v) is 3.35. The SMILES string of the molecule is C=C(/N=C\C=C/C)NS(=O)(=O)c1ccc(N)cc1. The number of nitrogens with one attached hydrogen (secondary N) is 1. The number of nitrogen functional groups attached to an aromatic ring is 1. The molecule has 0 saturated carbocycles. The molecule has 1 aromatic carbocycles. The molecule has 0 radical (unpaired) electrons. The van der Waals surface area contributed by atoms with Crippen molar-refractivity contribution >= 4 is 21.9 Å². The van der Waals surface area contributed by atoms with Crippen molar-refractivity contribution in [2.24, 2.45) is 4.99 Å². The van der Waals surface area contributed by atoms with Gasteiger partial charge in [-0.2, -0.15) is 0 Å². The third-order valence-electron chi connectivity index (χ3n) is 1.95. The highest BCUT2D eigenvalue weighted by atomic mass is 32.2. The van der Waals surface area contributed by atoms with Crippen LogP contribution in [0, 0.1) is 0 Å². The molecule has 0 bridgehead atoms. The molecule has 5 nitrogen and oxygen atoms in total. The average Bonchev–Trinajstić information content (AvgIpc) is 2.29. The molecule has 18 heavy (non-hydrogen) atoms. The number of rotatable bonds is 5. The van der Waals surface area contributed by atoms with Crippen LogP contribution in [0.15, 0.2) is 58.7 Å². The van der Waals surface area contributed by atoms with Gasteiger partial charge in [0.15, 0.2) is 0 Å². The van der Waals surface area contributed by atoms with E-state index < -0.39 is 10.0 Å². The summed E-state index contributed by atoms with van der Waals surface area (Å²) in [5.74, 6) is 0.0462. The zero-order valence-corrected chi connectivity index (χ0v) is 10.8. The quantitative estimate of drug-likeness (QED) is 0.627. The Hall–Kier alpha value is -2.08. The van der Waals surface area contributed by atoms with Crippen molar-refractivity contribution < 1.29 is 8.42 Å². The Bertz CT molecular complexity index is 572. The van der Waals surface area contributed by atoms with Gasteiger partial charge in [0.1, 0.15) is 5.82 Å². The highest BCUT2D eigenvalue weighted by Gasteiger charge is 2.13. The van der Waals surface area contributed by atoms with E-state index in [9.17, 15) is 8.42 Å². The summed E-state index contributed by atoms with van der Waals surface area (Å²) in [5, 5.41) is 0. The highest BCUT2D eigenvalue weighted by Crippen LogP contribution is 2.12. The lowest BCUT2D eigenvalue weighted by atomic mass is 10.3. The number of sulfonamides is 1. The van der Waals surface area contributed by atoms with E-state index in [0.29, 0.717) is 5.69 Å². The van der Waals surface area contributed by atoms with E-state index in [-0.39, 0.29) is 10.7 Å². The summed E-state index contributed by atoms with van der Waals surface area (Å²) in [7, 11) is -3.66. The maximum absolute atomic E-state index is 11.9. The van der Waals surface area contributed by atoms with Crippen molar-refractivity contribution in [3.05, 3.63) is 48.8 Å². The first-order valence-corrected chi connectivity index (χ1v) is 6.66. The fourth-order valence-corrected chi connectivity index (χ4v) is 2.08. The van der Waals surface area contributed by atoms with Gasteiger partial charge in [-0.15, -0.1) is 0 Å². The lowest BCUT2D eigenvalue weighted by Crippen LogP contribution is -2.21. The van der Waals surface area contributed by atoms with Crippen molar-refractivity contribution in [1.29, 1.82) is 0 Å². The largest absolute Gasteiger partial charge is 0.399 e. The van der Waals surface area contributed by atoms with Crippen LogP contribution in [0.4, 0.5) is 5.69 Å². The normalized spacial score (nSPS) is 12.1. The summed E-state index contributed by atoms with van der Waals surface area (Å²) in [5.41, 5.74) is 5.99. The van der Waals surface area contributed by atoms with Gasteiger partial charge < -0.3 is 5.73 Å². The Balaban J connectivity index is 2.82. The fourth-order valence-electron chi connectivity index (χ4n) is 1.11. The monoisotopic (exact) mass is 265 g/mol. The van der Waals surface area contributed by atoms with Crippen LogP contribution in [0.2, 0.25) is 0 Å². The summed E-state index contributed by atoms with van der Waals surface area (Å²) in [6, 6.07) is 5.86. The topological polar surface area (TPSA) is 84.5 Å². The minimum absolute atomic E-state index is 0.0462. The van der Waals surface area contributed by atoms with Crippen LogP contribution < -0.4 is 10.5 Å². The molecule has 0 unspecified atom stereocenters. The number of nitrogens with two attached hydrogens (primary N) is 1. The number of hydrogen-bond donors (Lipinski definition) is 2. The van der Waals surface area contributed by atoms with E-state index in [1.165, 1.54) is 30.5 Å². The van der Waals surface area contributed by atoms with Crippen LogP contribution in [0.3, 0.4) is 0 Å². The van der Waals surface area contributed by atoms with Crippen molar-refractivity contribution in [3.8, 4) is 0 Å². The molecule has 1 aromatic rings. The lowest BCUT2D eigenvalue weighted by Gasteiger charge is -2.06. The molecule has 0 aromatic heterocycles. The lowest BCUT2D eigenvalue weighted by molar-refractivity contribution is 0.588. The Kier molecular flexibility index (Phi) is 4.67. The number of benzene rings is 1. The van der Waals surface area contributed by atoms with Crippen LogP contribution in [-0.2, 0) is 10.0 Å². The van der Waals surface area contributed by atoms with Gasteiger partial charge in [0, 0.05) is 11.9 Å². The predicted octanol–water partition coefficient (Wildman–Crippen LogP) is 1.67. The summed E-state index contributed by atoms with van der Waals surface area (Å²) in [4.78, 5) is 3.93. The van der Waals surface area contributed by atoms with E-state index in [1.54, 1.807) is 12.2 Å². The van der Waals surface area contributed by atoms with E-state index >= 15 is 0 Å². The molecule has 0 fully saturated rings. The molecule has 0 aliphatic carbocycles. The summed E-state index contributed by atoms with van der Waals surface area (Å²) in [6.45, 7) is 5.33. The van der Waals surface area contributed by atoms with Gasteiger partial charge >= 0.3 is 0 Å². The third kappa shape index (κ3) is 4.06. The minimum Gasteiger partial charge on any atom is -0.399 e. The Morgan fingerprint density at radius 3 is 2.56 bits per heavy atom. The zero-order valence-electron chi connectivity index (χ0n) is 10.00. The predicted molar refractivity (Wildman–Crippen MR) is 73.6 cm³/mol. The Labute approximate surface area is 107 Å². The van der Waals surface area contributed by atoms with Gasteiger partial charge in [-0.05, 0) is 37.3 Å². The van der Waals surface area contributed by atoms with Crippen LogP contribution >= 0.6 is 0 Å².